The third kappa shape index (κ3) is 4.64. The van der Waals surface area contributed by atoms with E-state index < -0.39 is 6.04 Å². The van der Waals surface area contributed by atoms with Crippen molar-refractivity contribution in [2.75, 3.05) is 10.6 Å². The predicted octanol–water partition coefficient (Wildman–Crippen LogP) is 5.65. The first-order valence-electron chi connectivity index (χ1n) is 9.69. The number of rotatable bonds is 6. The van der Waals surface area contributed by atoms with Gasteiger partial charge in [-0.15, -0.1) is 11.3 Å². The monoisotopic (exact) mass is 436 g/mol. The molecule has 0 saturated heterocycles. The summed E-state index contributed by atoms with van der Waals surface area (Å²) >= 11 is 1.41. The van der Waals surface area contributed by atoms with E-state index in [1.165, 1.54) is 23.7 Å². The minimum atomic E-state index is -0.612. The second-order valence-corrected chi connectivity index (χ2v) is 8.40. The maximum Gasteiger partial charge on any atom is 0.291 e. The lowest BCUT2D eigenvalue weighted by molar-refractivity contribution is 0.0997. The van der Waals surface area contributed by atoms with Gasteiger partial charge in [-0.1, -0.05) is 18.2 Å². The Labute approximate surface area is 183 Å². The number of hydrogen-bond donors (Lipinski definition) is 2. The highest BCUT2D eigenvalue weighted by atomic mass is 32.1. The molecule has 0 aliphatic heterocycles. The van der Waals surface area contributed by atoms with E-state index in [-0.39, 0.29) is 17.5 Å². The zero-order chi connectivity index (χ0) is 22.0. The molecule has 0 fully saturated rings. The molecule has 8 heteroatoms. The topological polar surface area (TPSA) is 80.0 Å². The summed E-state index contributed by atoms with van der Waals surface area (Å²) in [6, 6.07) is 13.0. The van der Waals surface area contributed by atoms with Crippen molar-refractivity contribution < 1.29 is 13.6 Å². The number of halogens is 1. The van der Waals surface area contributed by atoms with Crippen LogP contribution in [-0.4, -0.2) is 15.9 Å². The molecule has 0 saturated carbocycles. The summed E-state index contributed by atoms with van der Waals surface area (Å²) < 4.78 is 20.0. The molecule has 4 rings (SSSR count). The molecule has 0 bridgehead atoms. The van der Waals surface area contributed by atoms with Gasteiger partial charge in [0.1, 0.15) is 10.8 Å². The van der Waals surface area contributed by atoms with Gasteiger partial charge in [0.15, 0.2) is 5.76 Å². The summed E-state index contributed by atoms with van der Waals surface area (Å²) in [4.78, 5) is 22.5. The Bertz CT molecular complexity index is 1200. The smallest absolute Gasteiger partial charge is 0.291 e. The van der Waals surface area contributed by atoms with Crippen molar-refractivity contribution >= 4 is 28.2 Å². The van der Waals surface area contributed by atoms with E-state index in [0.29, 0.717) is 16.5 Å². The van der Waals surface area contributed by atoms with Gasteiger partial charge in [0.25, 0.3) is 5.91 Å². The van der Waals surface area contributed by atoms with E-state index >= 15 is 0 Å². The van der Waals surface area contributed by atoms with Crippen LogP contribution in [0.2, 0.25) is 0 Å². The molecule has 3 heterocycles. The molecule has 2 N–H and O–H groups in total. The van der Waals surface area contributed by atoms with Crippen molar-refractivity contribution in [2.45, 2.75) is 26.8 Å². The van der Waals surface area contributed by atoms with Gasteiger partial charge >= 0.3 is 0 Å². The summed E-state index contributed by atoms with van der Waals surface area (Å²) in [6.45, 7) is 5.69. The van der Waals surface area contributed by atoms with E-state index in [1.54, 1.807) is 30.3 Å². The Balaban J connectivity index is 1.77. The summed E-state index contributed by atoms with van der Waals surface area (Å²) in [5, 5.41) is 6.76. The van der Waals surface area contributed by atoms with Gasteiger partial charge in [-0.25, -0.2) is 14.4 Å². The summed E-state index contributed by atoms with van der Waals surface area (Å²) in [7, 11) is 0. The van der Waals surface area contributed by atoms with Gasteiger partial charge in [-0.2, -0.15) is 0 Å². The van der Waals surface area contributed by atoms with Crippen molar-refractivity contribution in [3.63, 3.8) is 0 Å². The van der Waals surface area contributed by atoms with Crippen LogP contribution in [0.1, 0.15) is 44.0 Å². The van der Waals surface area contributed by atoms with Crippen LogP contribution in [0, 0.1) is 26.6 Å². The molecule has 0 aliphatic rings. The third-order valence-electron chi connectivity index (χ3n) is 4.64. The van der Waals surface area contributed by atoms with Crippen LogP contribution in [0.4, 0.5) is 15.3 Å². The maximum absolute atomic E-state index is 14.8. The van der Waals surface area contributed by atoms with Crippen LogP contribution in [0.15, 0.2) is 59.2 Å². The molecule has 31 heavy (non-hydrogen) atoms. The van der Waals surface area contributed by atoms with E-state index in [9.17, 15) is 9.18 Å². The van der Waals surface area contributed by atoms with Gasteiger partial charge in [-0.3, -0.25) is 4.79 Å². The van der Waals surface area contributed by atoms with Crippen LogP contribution >= 0.6 is 11.3 Å². The van der Waals surface area contributed by atoms with Crippen LogP contribution < -0.4 is 10.6 Å². The fourth-order valence-corrected chi connectivity index (χ4v) is 4.32. The van der Waals surface area contributed by atoms with E-state index in [4.69, 9.17) is 4.42 Å². The predicted molar refractivity (Wildman–Crippen MR) is 119 cm³/mol. The standard InChI is InChI=1S/C23H21FN4O2S/c1-13-11-14(2)26-23(25-13)27-20(16-7-4-5-8-18(16)24)17-12-15(3)31-22(17)28-21(29)19-9-6-10-30-19/h4-12,20H,1-3H3,(H,28,29)(H,25,26,27)/t20-/m0/s1. The normalized spacial score (nSPS) is 11.9. The first-order valence-corrected chi connectivity index (χ1v) is 10.5. The Kier molecular flexibility index (Phi) is 5.81. The quantitative estimate of drug-likeness (QED) is 0.408. The fraction of sp³-hybridized carbons (Fsp3) is 0.174. The number of anilines is 2. The molecule has 0 unspecified atom stereocenters. The SMILES string of the molecule is Cc1cc(C)nc(N[C@@H](c2ccccc2F)c2cc(C)sc2NC(=O)c2ccco2)n1. The average molecular weight is 437 g/mol. The van der Waals surface area contributed by atoms with Crippen molar-refractivity contribution in [1.82, 2.24) is 9.97 Å². The number of carbonyl (C=O) groups is 1. The molecule has 0 spiro atoms. The van der Waals surface area contributed by atoms with E-state index in [1.807, 2.05) is 32.9 Å². The lowest BCUT2D eigenvalue weighted by atomic mass is 9.99. The largest absolute Gasteiger partial charge is 0.459 e. The number of carbonyl (C=O) groups excluding carboxylic acids is 1. The number of aryl methyl sites for hydroxylation is 3. The minimum absolute atomic E-state index is 0.199. The summed E-state index contributed by atoms with van der Waals surface area (Å²) in [5.74, 6) is -0.150. The van der Waals surface area contributed by atoms with Crippen LogP contribution in [-0.2, 0) is 0 Å². The van der Waals surface area contributed by atoms with E-state index in [0.717, 1.165) is 21.8 Å². The number of nitrogens with zero attached hydrogens (tertiary/aromatic N) is 2. The Morgan fingerprint density at radius 1 is 1.03 bits per heavy atom. The van der Waals surface area contributed by atoms with Crippen LogP contribution in [0.3, 0.4) is 0 Å². The Hall–Kier alpha value is -3.52. The van der Waals surface area contributed by atoms with Gasteiger partial charge in [0.2, 0.25) is 5.95 Å². The molecular formula is C23H21FN4O2S. The number of benzene rings is 1. The van der Waals surface area contributed by atoms with Gasteiger partial charge in [-0.05, 0) is 51.1 Å². The van der Waals surface area contributed by atoms with Crippen molar-refractivity contribution in [3.8, 4) is 0 Å². The number of amides is 1. The number of nitrogens with one attached hydrogen (secondary N) is 2. The Morgan fingerprint density at radius 3 is 2.45 bits per heavy atom. The highest BCUT2D eigenvalue weighted by Gasteiger charge is 2.25. The number of furan rings is 1. The van der Waals surface area contributed by atoms with Crippen molar-refractivity contribution in [3.05, 3.63) is 93.8 Å². The van der Waals surface area contributed by atoms with Gasteiger partial charge in [0, 0.05) is 27.4 Å². The number of aromatic nitrogens is 2. The first-order chi connectivity index (χ1) is 14.9. The molecular weight excluding hydrogens is 415 g/mol. The summed E-state index contributed by atoms with van der Waals surface area (Å²) in [6.07, 6.45) is 1.44. The second kappa shape index (κ2) is 8.69. The molecule has 6 nitrogen and oxygen atoms in total. The van der Waals surface area contributed by atoms with Gasteiger partial charge < -0.3 is 15.1 Å². The van der Waals surface area contributed by atoms with Crippen LogP contribution in [0.5, 0.6) is 0 Å². The molecule has 1 aromatic carbocycles. The highest BCUT2D eigenvalue weighted by molar-refractivity contribution is 7.16. The minimum Gasteiger partial charge on any atom is -0.459 e. The lowest BCUT2D eigenvalue weighted by Crippen LogP contribution is -2.18. The molecule has 158 valence electrons. The Morgan fingerprint density at radius 2 is 1.77 bits per heavy atom. The average Bonchev–Trinajstić information content (AvgIpc) is 3.36. The molecule has 3 aromatic heterocycles. The summed E-state index contributed by atoms with van der Waals surface area (Å²) in [5.41, 5.74) is 2.75. The highest BCUT2D eigenvalue weighted by Crippen LogP contribution is 2.38. The molecule has 4 aromatic rings. The number of hydrogen-bond acceptors (Lipinski definition) is 6. The molecule has 1 atom stereocenters. The fourth-order valence-electron chi connectivity index (χ4n) is 3.37. The van der Waals surface area contributed by atoms with Gasteiger partial charge in [0.05, 0.1) is 12.3 Å². The lowest BCUT2D eigenvalue weighted by Gasteiger charge is -2.21. The molecule has 0 aliphatic carbocycles. The second-order valence-electron chi connectivity index (χ2n) is 7.15. The molecule has 0 radical (unpaired) electrons. The maximum atomic E-state index is 14.8. The number of thiophene rings is 1. The zero-order valence-electron chi connectivity index (χ0n) is 17.3. The third-order valence-corrected chi connectivity index (χ3v) is 5.62. The molecule has 1 amide bonds. The zero-order valence-corrected chi connectivity index (χ0v) is 18.1. The van der Waals surface area contributed by atoms with Crippen molar-refractivity contribution in [1.29, 1.82) is 0 Å². The van der Waals surface area contributed by atoms with E-state index in [2.05, 4.69) is 20.6 Å². The van der Waals surface area contributed by atoms with Crippen molar-refractivity contribution in [2.24, 2.45) is 0 Å². The first kappa shape index (κ1) is 20.7. The van der Waals surface area contributed by atoms with Crippen LogP contribution in [0.25, 0.3) is 0 Å².